The molecule has 3 heteroatoms. The third-order valence-corrected chi connectivity index (χ3v) is 4.05. The Bertz CT molecular complexity index is 344. The molecule has 0 saturated heterocycles. The maximum Gasteiger partial charge on any atom is 0.0728 e. The molecule has 0 radical (unpaired) electrons. The quantitative estimate of drug-likeness (QED) is 0.821. The van der Waals surface area contributed by atoms with Crippen molar-refractivity contribution in [3.8, 4) is 0 Å². The lowest BCUT2D eigenvalue weighted by Crippen LogP contribution is -2.25. The van der Waals surface area contributed by atoms with E-state index in [1.165, 1.54) is 31.4 Å². The molecule has 3 rings (SSSR count). The van der Waals surface area contributed by atoms with Crippen molar-refractivity contribution in [2.45, 2.75) is 45.2 Å². The maximum absolute atomic E-state index is 4.29. The van der Waals surface area contributed by atoms with Gasteiger partial charge in [-0.3, -0.25) is 4.68 Å². The first-order chi connectivity index (χ1) is 7.35. The zero-order valence-electron chi connectivity index (χ0n) is 9.32. The van der Waals surface area contributed by atoms with Crippen LogP contribution < -0.4 is 5.32 Å². The highest BCUT2D eigenvalue weighted by Crippen LogP contribution is 2.45. The molecular formula is C12H19N3. The molecular weight excluding hydrogens is 186 g/mol. The van der Waals surface area contributed by atoms with Gasteiger partial charge < -0.3 is 5.32 Å². The Labute approximate surface area is 90.9 Å². The van der Waals surface area contributed by atoms with E-state index in [1.807, 2.05) is 10.9 Å². The molecule has 1 aromatic rings. The van der Waals surface area contributed by atoms with Gasteiger partial charge in [-0.05, 0) is 38.0 Å². The Morgan fingerprint density at radius 3 is 3.00 bits per heavy atom. The van der Waals surface area contributed by atoms with Crippen LogP contribution in [0.4, 0.5) is 5.69 Å². The highest BCUT2D eigenvalue weighted by molar-refractivity contribution is 5.40. The molecule has 0 unspecified atom stereocenters. The zero-order chi connectivity index (χ0) is 10.3. The van der Waals surface area contributed by atoms with Gasteiger partial charge in [0.05, 0.1) is 11.9 Å². The Morgan fingerprint density at radius 1 is 1.47 bits per heavy atom. The monoisotopic (exact) mass is 205 g/mol. The van der Waals surface area contributed by atoms with Crippen LogP contribution in [0, 0.1) is 11.8 Å². The molecule has 0 spiro atoms. The van der Waals surface area contributed by atoms with E-state index in [1.54, 1.807) is 0 Å². The lowest BCUT2D eigenvalue weighted by Gasteiger charge is -2.22. The first kappa shape index (κ1) is 9.25. The topological polar surface area (TPSA) is 29.9 Å². The Kier molecular flexibility index (Phi) is 2.19. The lowest BCUT2D eigenvalue weighted by molar-refractivity contribution is 0.440. The molecule has 0 amide bonds. The average Bonchev–Trinajstić information content (AvgIpc) is 2.92. The van der Waals surface area contributed by atoms with Crippen LogP contribution in [-0.2, 0) is 6.54 Å². The first-order valence-corrected chi connectivity index (χ1v) is 6.14. The molecule has 2 saturated carbocycles. The summed E-state index contributed by atoms with van der Waals surface area (Å²) in [4.78, 5) is 0. The van der Waals surface area contributed by atoms with Gasteiger partial charge in [-0.15, -0.1) is 0 Å². The SMILES string of the molecule is CCn1cc(N[C@@H]2C[C@@H]3CC[C@@H]2C3)cn1. The van der Waals surface area contributed by atoms with Crippen LogP contribution in [0.15, 0.2) is 12.4 Å². The van der Waals surface area contributed by atoms with Crippen LogP contribution in [0.2, 0.25) is 0 Å². The van der Waals surface area contributed by atoms with E-state index in [0.717, 1.165) is 24.4 Å². The number of hydrogen-bond donors (Lipinski definition) is 1. The minimum absolute atomic E-state index is 0.721. The summed E-state index contributed by atoms with van der Waals surface area (Å²) in [6.07, 6.45) is 9.81. The van der Waals surface area contributed by atoms with E-state index in [0.29, 0.717) is 0 Å². The van der Waals surface area contributed by atoms with E-state index < -0.39 is 0 Å². The van der Waals surface area contributed by atoms with Crippen molar-refractivity contribution in [2.75, 3.05) is 5.32 Å². The van der Waals surface area contributed by atoms with Gasteiger partial charge in [0.15, 0.2) is 0 Å². The number of fused-ring (bicyclic) bond motifs is 2. The summed E-state index contributed by atoms with van der Waals surface area (Å²) in [7, 11) is 0. The molecule has 1 heterocycles. The fourth-order valence-corrected chi connectivity index (χ4v) is 3.25. The lowest BCUT2D eigenvalue weighted by atomic mass is 9.95. The molecule has 2 fully saturated rings. The second-order valence-electron chi connectivity index (χ2n) is 5.01. The van der Waals surface area contributed by atoms with Crippen molar-refractivity contribution in [2.24, 2.45) is 11.8 Å². The molecule has 3 atom stereocenters. The second-order valence-corrected chi connectivity index (χ2v) is 5.01. The highest BCUT2D eigenvalue weighted by Gasteiger charge is 2.39. The molecule has 0 aliphatic heterocycles. The summed E-state index contributed by atoms with van der Waals surface area (Å²) < 4.78 is 1.98. The summed E-state index contributed by atoms with van der Waals surface area (Å²) in [5.74, 6) is 1.94. The van der Waals surface area contributed by atoms with Gasteiger partial charge in [0.2, 0.25) is 0 Å². The van der Waals surface area contributed by atoms with Crippen molar-refractivity contribution in [3.63, 3.8) is 0 Å². The van der Waals surface area contributed by atoms with E-state index in [2.05, 4.69) is 23.5 Å². The number of hydrogen-bond acceptors (Lipinski definition) is 2. The van der Waals surface area contributed by atoms with Gasteiger partial charge in [0.25, 0.3) is 0 Å². The molecule has 15 heavy (non-hydrogen) atoms. The van der Waals surface area contributed by atoms with Crippen molar-refractivity contribution in [1.29, 1.82) is 0 Å². The van der Waals surface area contributed by atoms with Gasteiger partial charge in [-0.2, -0.15) is 5.10 Å². The van der Waals surface area contributed by atoms with E-state index >= 15 is 0 Å². The predicted molar refractivity (Wildman–Crippen MR) is 60.8 cm³/mol. The largest absolute Gasteiger partial charge is 0.379 e. The van der Waals surface area contributed by atoms with Crippen LogP contribution in [-0.4, -0.2) is 15.8 Å². The standard InChI is InChI=1S/C12H19N3/c1-2-15-8-11(7-13-15)14-12-6-9-3-4-10(12)5-9/h7-10,12,14H,2-6H2,1H3/t9-,10-,12-/m1/s1. The summed E-state index contributed by atoms with van der Waals surface area (Å²) in [6.45, 7) is 3.08. The Balaban J connectivity index is 1.65. The molecule has 1 N–H and O–H groups in total. The van der Waals surface area contributed by atoms with Crippen molar-refractivity contribution in [1.82, 2.24) is 9.78 Å². The van der Waals surface area contributed by atoms with E-state index in [-0.39, 0.29) is 0 Å². The number of nitrogens with one attached hydrogen (secondary N) is 1. The number of anilines is 1. The van der Waals surface area contributed by atoms with Crippen molar-refractivity contribution >= 4 is 5.69 Å². The molecule has 82 valence electrons. The van der Waals surface area contributed by atoms with Crippen molar-refractivity contribution in [3.05, 3.63) is 12.4 Å². The van der Waals surface area contributed by atoms with Crippen molar-refractivity contribution < 1.29 is 0 Å². The van der Waals surface area contributed by atoms with Gasteiger partial charge in [-0.25, -0.2) is 0 Å². The van der Waals surface area contributed by atoms with Crippen LogP contribution in [0.1, 0.15) is 32.6 Å². The van der Waals surface area contributed by atoms with Gasteiger partial charge >= 0.3 is 0 Å². The normalized spacial score (nSPS) is 33.5. The minimum atomic E-state index is 0.721. The number of aryl methyl sites for hydroxylation is 1. The van der Waals surface area contributed by atoms with Crippen LogP contribution in [0.5, 0.6) is 0 Å². The highest BCUT2D eigenvalue weighted by atomic mass is 15.3. The summed E-state index contributed by atoms with van der Waals surface area (Å²) in [5.41, 5.74) is 1.20. The fraction of sp³-hybridized carbons (Fsp3) is 0.750. The summed E-state index contributed by atoms with van der Waals surface area (Å²) >= 11 is 0. The Morgan fingerprint density at radius 2 is 2.40 bits per heavy atom. The molecule has 2 bridgehead atoms. The van der Waals surface area contributed by atoms with Gasteiger partial charge in [0, 0.05) is 18.8 Å². The van der Waals surface area contributed by atoms with Crippen LogP contribution >= 0.6 is 0 Å². The first-order valence-electron chi connectivity index (χ1n) is 6.14. The average molecular weight is 205 g/mol. The third kappa shape index (κ3) is 1.64. The van der Waals surface area contributed by atoms with Gasteiger partial charge in [0.1, 0.15) is 0 Å². The second kappa shape index (κ2) is 3.54. The zero-order valence-corrected chi connectivity index (χ0v) is 9.32. The Hall–Kier alpha value is -0.990. The minimum Gasteiger partial charge on any atom is -0.379 e. The number of aromatic nitrogens is 2. The van der Waals surface area contributed by atoms with Crippen LogP contribution in [0.3, 0.4) is 0 Å². The molecule has 0 aromatic carbocycles. The van der Waals surface area contributed by atoms with E-state index in [4.69, 9.17) is 0 Å². The number of nitrogens with zero attached hydrogens (tertiary/aromatic N) is 2. The predicted octanol–water partition coefficient (Wildman–Crippen LogP) is 2.50. The summed E-state index contributed by atoms with van der Waals surface area (Å²) in [6, 6.07) is 0.721. The molecule has 1 aromatic heterocycles. The third-order valence-electron chi connectivity index (χ3n) is 4.05. The van der Waals surface area contributed by atoms with E-state index in [9.17, 15) is 0 Å². The smallest absolute Gasteiger partial charge is 0.0728 e. The number of rotatable bonds is 3. The molecule has 2 aliphatic rings. The van der Waals surface area contributed by atoms with Gasteiger partial charge in [-0.1, -0.05) is 6.42 Å². The summed E-state index contributed by atoms with van der Waals surface area (Å²) in [5, 5.41) is 7.94. The molecule has 3 nitrogen and oxygen atoms in total. The molecule has 2 aliphatic carbocycles. The fourth-order valence-electron chi connectivity index (χ4n) is 3.25. The van der Waals surface area contributed by atoms with Crippen LogP contribution in [0.25, 0.3) is 0 Å². The maximum atomic E-state index is 4.29.